The number of ketones is 1. The summed E-state index contributed by atoms with van der Waals surface area (Å²) in [5, 5.41) is 3.31. The average Bonchev–Trinajstić information content (AvgIpc) is 2.32. The van der Waals surface area contributed by atoms with Crippen molar-refractivity contribution in [3.8, 4) is 0 Å². The molecule has 0 spiro atoms. The average molecular weight is 189 g/mol. The zero-order chi connectivity index (χ0) is 10.1. The smallest absolute Gasteiger partial charge is 0.144 e. The maximum Gasteiger partial charge on any atom is 0.144 e. The number of hydrogen-bond donors (Lipinski definition) is 1. The van der Waals surface area contributed by atoms with Crippen LogP contribution in [0.15, 0.2) is 24.3 Å². The van der Waals surface area contributed by atoms with Crippen LogP contribution >= 0.6 is 0 Å². The van der Waals surface area contributed by atoms with E-state index in [1.807, 2.05) is 38.1 Å². The number of benzene rings is 1. The predicted molar refractivity (Wildman–Crippen MR) is 57.5 cm³/mol. The Hall–Kier alpha value is -1.31. The molecule has 0 aromatic heterocycles. The van der Waals surface area contributed by atoms with Crippen LogP contribution in [0.3, 0.4) is 0 Å². The van der Waals surface area contributed by atoms with Gasteiger partial charge in [-0.3, -0.25) is 4.79 Å². The first-order chi connectivity index (χ1) is 6.70. The summed E-state index contributed by atoms with van der Waals surface area (Å²) >= 11 is 0. The van der Waals surface area contributed by atoms with Gasteiger partial charge in [-0.2, -0.15) is 0 Å². The lowest BCUT2D eigenvalue weighted by molar-refractivity contribution is -0.122. The Balaban J connectivity index is 2.45. The number of rotatable bonds is 0. The fraction of sp³-hybridized carbons (Fsp3) is 0.417. The van der Waals surface area contributed by atoms with Crippen molar-refractivity contribution in [2.24, 2.45) is 5.92 Å². The molecule has 0 fully saturated rings. The van der Waals surface area contributed by atoms with Gasteiger partial charge in [-0.15, -0.1) is 0 Å². The third kappa shape index (κ3) is 1.41. The van der Waals surface area contributed by atoms with E-state index in [4.69, 9.17) is 0 Å². The second-order valence-electron chi connectivity index (χ2n) is 3.99. The molecule has 2 heteroatoms. The molecule has 2 unspecified atom stereocenters. The van der Waals surface area contributed by atoms with Crippen LogP contribution in [0.4, 0.5) is 5.69 Å². The number of carbonyl (C=O) groups excluding carboxylic acids is 1. The fourth-order valence-corrected chi connectivity index (χ4v) is 1.98. The molecule has 1 heterocycles. The topological polar surface area (TPSA) is 29.1 Å². The summed E-state index contributed by atoms with van der Waals surface area (Å²) in [5.74, 6) is 0.469. The van der Waals surface area contributed by atoms with Gasteiger partial charge in [0.05, 0.1) is 0 Å². The van der Waals surface area contributed by atoms with Gasteiger partial charge in [-0.25, -0.2) is 0 Å². The third-order valence-corrected chi connectivity index (χ3v) is 2.94. The Morgan fingerprint density at radius 3 is 2.79 bits per heavy atom. The number of para-hydroxylation sites is 1. The van der Waals surface area contributed by atoms with E-state index in [2.05, 4.69) is 5.32 Å². The molecule has 1 aliphatic rings. The van der Waals surface area contributed by atoms with E-state index >= 15 is 0 Å². The van der Waals surface area contributed by atoms with Gasteiger partial charge in [0.25, 0.3) is 0 Å². The lowest BCUT2D eigenvalue weighted by Crippen LogP contribution is -2.20. The van der Waals surface area contributed by atoms with Crippen molar-refractivity contribution in [1.82, 2.24) is 0 Å². The summed E-state index contributed by atoms with van der Waals surface area (Å²) in [4.78, 5) is 11.9. The summed E-state index contributed by atoms with van der Waals surface area (Å²) in [6.45, 7) is 4.72. The van der Waals surface area contributed by atoms with E-state index in [0.29, 0.717) is 5.78 Å². The molecule has 0 aliphatic carbocycles. The number of Topliss-reactive ketones (excluding diaryl/α,β-unsaturated/α-hetero) is 1. The molecule has 1 N–H and O–H groups in total. The van der Waals surface area contributed by atoms with Crippen molar-refractivity contribution < 1.29 is 4.79 Å². The maximum atomic E-state index is 11.9. The number of carbonyl (C=O) groups is 1. The minimum Gasteiger partial charge on any atom is -0.384 e. The van der Waals surface area contributed by atoms with Crippen LogP contribution in [0.5, 0.6) is 0 Å². The van der Waals surface area contributed by atoms with Crippen LogP contribution in [-0.2, 0) is 4.79 Å². The highest BCUT2D eigenvalue weighted by Crippen LogP contribution is 2.30. The molecule has 0 saturated heterocycles. The molecule has 1 aliphatic heterocycles. The van der Waals surface area contributed by atoms with E-state index in [0.717, 1.165) is 17.8 Å². The van der Waals surface area contributed by atoms with Gasteiger partial charge in [0.15, 0.2) is 0 Å². The van der Waals surface area contributed by atoms with Crippen molar-refractivity contribution in [2.45, 2.75) is 19.8 Å². The van der Waals surface area contributed by atoms with Crippen LogP contribution in [0.1, 0.15) is 25.3 Å². The molecular weight excluding hydrogens is 174 g/mol. The quantitative estimate of drug-likeness (QED) is 0.679. The highest BCUT2D eigenvalue weighted by molar-refractivity contribution is 5.90. The van der Waals surface area contributed by atoms with E-state index in [1.165, 1.54) is 0 Å². The monoisotopic (exact) mass is 189 g/mol. The van der Waals surface area contributed by atoms with Gasteiger partial charge in [0.1, 0.15) is 5.78 Å². The van der Waals surface area contributed by atoms with E-state index in [9.17, 15) is 4.79 Å². The second-order valence-corrected chi connectivity index (χ2v) is 3.99. The molecular formula is C12H15NO. The Labute approximate surface area is 84.3 Å². The lowest BCUT2D eigenvalue weighted by Gasteiger charge is -2.11. The summed E-state index contributed by atoms with van der Waals surface area (Å²) in [5.41, 5.74) is 2.24. The summed E-state index contributed by atoms with van der Waals surface area (Å²) in [6.07, 6.45) is 0. The predicted octanol–water partition coefficient (Wildman–Crippen LogP) is 2.42. The highest BCUT2D eigenvalue weighted by Gasteiger charge is 2.26. The number of anilines is 1. The van der Waals surface area contributed by atoms with Gasteiger partial charge < -0.3 is 5.32 Å². The highest BCUT2D eigenvalue weighted by atomic mass is 16.1. The largest absolute Gasteiger partial charge is 0.384 e. The molecule has 1 aromatic rings. The van der Waals surface area contributed by atoms with Crippen LogP contribution in [0.25, 0.3) is 0 Å². The van der Waals surface area contributed by atoms with Gasteiger partial charge >= 0.3 is 0 Å². The molecule has 2 nitrogen and oxygen atoms in total. The first kappa shape index (κ1) is 9.25. The molecule has 14 heavy (non-hydrogen) atoms. The molecule has 0 saturated carbocycles. The Bertz CT molecular complexity index is 359. The Morgan fingerprint density at radius 2 is 2.00 bits per heavy atom. The minimum absolute atomic E-state index is 0.0243. The van der Waals surface area contributed by atoms with Crippen LogP contribution in [0, 0.1) is 5.92 Å². The van der Waals surface area contributed by atoms with Gasteiger partial charge in [-0.05, 0) is 11.6 Å². The molecule has 0 radical (unpaired) electrons. The lowest BCUT2D eigenvalue weighted by atomic mass is 9.91. The first-order valence-electron chi connectivity index (χ1n) is 5.06. The van der Waals surface area contributed by atoms with Crippen molar-refractivity contribution >= 4 is 11.5 Å². The van der Waals surface area contributed by atoms with E-state index in [-0.39, 0.29) is 11.8 Å². The standard InChI is InChI=1S/C12H15NO/c1-8-7-13-11-6-4-3-5-10(11)9(2)12(8)14/h3-6,8-9,13H,7H2,1-2H3. The van der Waals surface area contributed by atoms with Crippen molar-refractivity contribution in [1.29, 1.82) is 0 Å². The zero-order valence-electron chi connectivity index (χ0n) is 8.58. The van der Waals surface area contributed by atoms with Crippen molar-refractivity contribution in [3.05, 3.63) is 29.8 Å². The summed E-state index contributed by atoms with van der Waals surface area (Å²) in [6, 6.07) is 8.05. The van der Waals surface area contributed by atoms with E-state index < -0.39 is 0 Å². The summed E-state index contributed by atoms with van der Waals surface area (Å²) in [7, 11) is 0. The van der Waals surface area contributed by atoms with Crippen LogP contribution < -0.4 is 5.32 Å². The van der Waals surface area contributed by atoms with Crippen LogP contribution in [0.2, 0.25) is 0 Å². The molecule has 2 rings (SSSR count). The normalized spacial score (nSPS) is 26.3. The molecule has 0 bridgehead atoms. The number of fused-ring (bicyclic) bond motifs is 1. The summed E-state index contributed by atoms with van der Waals surface area (Å²) < 4.78 is 0. The van der Waals surface area contributed by atoms with Crippen LogP contribution in [-0.4, -0.2) is 12.3 Å². The number of nitrogens with one attached hydrogen (secondary N) is 1. The Kier molecular flexibility index (Phi) is 2.28. The Morgan fingerprint density at radius 1 is 1.29 bits per heavy atom. The van der Waals surface area contributed by atoms with Crippen molar-refractivity contribution in [2.75, 3.05) is 11.9 Å². The zero-order valence-corrected chi connectivity index (χ0v) is 8.58. The second kappa shape index (κ2) is 3.45. The first-order valence-corrected chi connectivity index (χ1v) is 5.06. The molecule has 1 aromatic carbocycles. The SMILES string of the molecule is CC1CNc2ccccc2C(C)C1=O. The fourth-order valence-electron chi connectivity index (χ4n) is 1.98. The van der Waals surface area contributed by atoms with E-state index in [1.54, 1.807) is 0 Å². The minimum atomic E-state index is 0.0243. The van der Waals surface area contributed by atoms with Gasteiger partial charge in [0.2, 0.25) is 0 Å². The maximum absolute atomic E-state index is 11.9. The molecule has 74 valence electrons. The molecule has 2 atom stereocenters. The van der Waals surface area contributed by atoms with Gasteiger partial charge in [0, 0.05) is 24.1 Å². The third-order valence-electron chi connectivity index (χ3n) is 2.94. The van der Waals surface area contributed by atoms with Gasteiger partial charge in [-0.1, -0.05) is 32.0 Å². The molecule has 0 amide bonds. The number of hydrogen-bond acceptors (Lipinski definition) is 2. The van der Waals surface area contributed by atoms with Crippen molar-refractivity contribution in [3.63, 3.8) is 0 Å².